The van der Waals surface area contributed by atoms with Crippen LogP contribution in [-0.4, -0.2) is 101 Å². The molecule has 0 radical (unpaired) electrons. The molecule has 5 heterocycles. The second kappa shape index (κ2) is 14.8. The predicted molar refractivity (Wildman–Crippen MR) is 193 cm³/mol. The SMILES string of the molecule is CCOc1ncccc1C1(NC(=O)N2CCC(C3CCN(C4COC4)CC3)CC2)C(=O)N(S(=O)(=O)c2ccc(OC)cc2OC)c2ccc(C#N)cc21. The molecule has 280 valence electrons. The number of hydrogen-bond donors (Lipinski definition) is 1. The van der Waals surface area contributed by atoms with Crippen LogP contribution in [0.3, 0.4) is 0 Å². The van der Waals surface area contributed by atoms with Crippen LogP contribution in [0.25, 0.3) is 0 Å². The maximum Gasteiger partial charge on any atom is 0.318 e. The molecule has 3 fully saturated rings. The van der Waals surface area contributed by atoms with Crippen molar-refractivity contribution < 1.29 is 37.0 Å². The summed E-state index contributed by atoms with van der Waals surface area (Å²) in [4.78, 5) is 38.0. The zero-order valence-corrected chi connectivity index (χ0v) is 30.9. The second-order valence-corrected chi connectivity index (χ2v) is 15.5. The molecule has 0 spiro atoms. The molecule has 53 heavy (non-hydrogen) atoms. The molecule has 0 aliphatic carbocycles. The van der Waals surface area contributed by atoms with E-state index in [0.29, 0.717) is 41.0 Å². The van der Waals surface area contributed by atoms with Crippen LogP contribution in [0.5, 0.6) is 17.4 Å². The number of pyridine rings is 1. The molecule has 1 unspecified atom stereocenters. The number of nitriles is 1. The van der Waals surface area contributed by atoms with Gasteiger partial charge in [-0.05, 0) is 100.0 Å². The Hall–Kier alpha value is -4.91. The molecule has 14 nitrogen and oxygen atoms in total. The molecule has 1 aromatic heterocycles. The molecule has 3 saturated heterocycles. The van der Waals surface area contributed by atoms with Crippen molar-refractivity contribution in [2.75, 3.05) is 64.5 Å². The van der Waals surface area contributed by atoms with Crippen molar-refractivity contribution in [3.63, 3.8) is 0 Å². The van der Waals surface area contributed by atoms with Crippen LogP contribution in [0, 0.1) is 23.2 Å². The number of amides is 3. The van der Waals surface area contributed by atoms with E-state index in [0.717, 1.165) is 52.0 Å². The van der Waals surface area contributed by atoms with Crippen LogP contribution in [0.4, 0.5) is 10.5 Å². The Morgan fingerprint density at radius 3 is 2.34 bits per heavy atom. The summed E-state index contributed by atoms with van der Waals surface area (Å²) in [7, 11) is -1.94. The highest BCUT2D eigenvalue weighted by molar-refractivity contribution is 7.93. The van der Waals surface area contributed by atoms with Crippen LogP contribution in [0.2, 0.25) is 0 Å². The Morgan fingerprint density at radius 1 is 1.00 bits per heavy atom. The van der Waals surface area contributed by atoms with Crippen LogP contribution < -0.4 is 23.8 Å². The number of nitrogens with one attached hydrogen (secondary N) is 1. The largest absolute Gasteiger partial charge is 0.497 e. The second-order valence-electron chi connectivity index (χ2n) is 13.8. The Kier molecular flexibility index (Phi) is 10.2. The topological polar surface area (TPSA) is 164 Å². The zero-order valence-electron chi connectivity index (χ0n) is 30.1. The van der Waals surface area contributed by atoms with Crippen molar-refractivity contribution in [1.29, 1.82) is 5.26 Å². The third-order valence-electron chi connectivity index (χ3n) is 11.1. The number of benzene rings is 2. The fourth-order valence-corrected chi connectivity index (χ4v) is 9.77. The van der Waals surface area contributed by atoms with Gasteiger partial charge in [0.1, 0.15) is 16.4 Å². The summed E-state index contributed by atoms with van der Waals surface area (Å²) in [6.45, 7) is 6.62. The fourth-order valence-electron chi connectivity index (χ4n) is 8.16. The lowest BCUT2D eigenvalue weighted by Crippen LogP contribution is -2.58. The number of carbonyl (C=O) groups is 2. The number of fused-ring (bicyclic) bond motifs is 1. The monoisotopic (exact) mass is 744 g/mol. The Labute approximate surface area is 309 Å². The maximum atomic E-state index is 15.2. The van der Waals surface area contributed by atoms with Gasteiger partial charge in [-0.2, -0.15) is 9.57 Å². The highest BCUT2D eigenvalue weighted by atomic mass is 32.2. The summed E-state index contributed by atoms with van der Waals surface area (Å²) < 4.78 is 52.0. The maximum absolute atomic E-state index is 15.2. The van der Waals surface area contributed by atoms with E-state index in [1.807, 2.05) is 0 Å². The number of piperidine rings is 2. The standard InChI is InChI=1S/C38H44N6O8S/c1-4-52-35-30(6-5-15-40-35)38(41-37(46)43-18-13-27(14-19-43)26-11-16-42(17-12-26)28-23-51-24-28)31-20-25(22-39)7-9-32(31)44(36(38)45)53(47,48)34-10-8-29(49-2)21-33(34)50-3/h5-10,15,20-21,26-28H,4,11-14,16-19,23-24H2,1-3H3,(H,41,46). The number of nitrogens with zero attached hydrogens (tertiary/aromatic N) is 5. The van der Waals surface area contributed by atoms with Gasteiger partial charge in [0, 0.05) is 30.9 Å². The Balaban J connectivity index is 1.25. The van der Waals surface area contributed by atoms with Gasteiger partial charge in [0.2, 0.25) is 5.88 Å². The van der Waals surface area contributed by atoms with Gasteiger partial charge in [-0.1, -0.05) is 0 Å². The van der Waals surface area contributed by atoms with Crippen molar-refractivity contribution >= 4 is 27.6 Å². The van der Waals surface area contributed by atoms with Crippen molar-refractivity contribution in [2.24, 2.45) is 11.8 Å². The summed E-state index contributed by atoms with van der Waals surface area (Å²) in [6, 6.07) is 13.7. The van der Waals surface area contributed by atoms with Gasteiger partial charge in [0.05, 0.1) is 63.0 Å². The van der Waals surface area contributed by atoms with Crippen molar-refractivity contribution in [3.8, 4) is 23.4 Å². The van der Waals surface area contributed by atoms with E-state index in [4.69, 9.17) is 18.9 Å². The van der Waals surface area contributed by atoms with E-state index in [-0.39, 0.29) is 45.5 Å². The molecular formula is C38H44N6O8S. The Bertz CT molecular complexity index is 2020. The van der Waals surface area contributed by atoms with E-state index in [2.05, 4.69) is 21.3 Å². The van der Waals surface area contributed by atoms with Gasteiger partial charge in [-0.25, -0.2) is 18.2 Å². The fraction of sp³-hybridized carbons (Fsp3) is 0.474. The molecule has 0 saturated carbocycles. The average molecular weight is 745 g/mol. The van der Waals surface area contributed by atoms with Crippen LogP contribution in [0.15, 0.2) is 59.6 Å². The highest BCUT2D eigenvalue weighted by Crippen LogP contribution is 2.50. The van der Waals surface area contributed by atoms with Crippen molar-refractivity contribution in [3.05, 3.63) is 71.4 Å². The molecule has 1 atom stereocenters. The van der Waals surface area contributed by atoms with E-state index < -0.39 is 27.5 Å². The minimum absolute atomic E-state index is 0.0306. The molecule has 1 N–H and O–H groups in total. The molecule has 4 aliphatic rings. The number of likely N-dealkylation sites (tertiary alicyclic amines) is 2. The quantitative estimate of drug-likeness (QED) is 0.321. The molecule has 3 aromatic rings. The molecule has 3 amide bonds. The number of aromatic nitrogens is 1. The summed E-state index contributed by atoms with van der Waals surface area (Å²) in [5.41, 5.74) is -1.78. The van der Waals surface area contributed by atoms with Crippen LogP contribution >= 0.6 is 0 Å². The van der Waals surface area contributed by atoms with E-state index in [1.54, 1.807) is 24.0 Å². The molecule has 15 heteroatoms. The van der Waals surface area contributed by atoms with Crippen LogP contribution in [0.1, 0.15) is 49.3 Å². The number of ether oxygens (including phenoxy) is 4. The smallest absolute Gasteiger partial charge is 0.318 e. The lowest BCUT2D eigenvalue weighted by Gasteiger charge is -2.44. The van der Waals surface area contributed by atoms with Gasteiger partial charge in [0.25, 0.3) is 15.9 Å². The number of hydrogen-bond acceptors (Lipinski definition) is 11. The first-order valence-electron chi connectivity index (χ1n) is 18.0. The lowest BCUT2D eigenvalue weighted by atomic mass is 9.78. The third-order valence-corrected chi connectivity index (χ3v) is 12.8. The molecule has 2 aromatic carbocycles. The Morgan fingerprint density at radius 2 is 1.72 bits per heavy atom. The van der Waals surface area contributed by atoms with Gasteiger partial charge >= 0.3 is 6.03 Å². The van der Waals surface area contributed by atoms with Crippen molar-refractivity contribution in [1.82, 2.24) is 20.1 Å². The lowest BCUT2D eigenvalue weighted by molar-refractivity contribution is -0.121. The van der Waals surface area contributed by atoms with Crippen LogP contribution in [-0.2, 0) is 25.1 Å². The third kappa shape index (κ3) is 6.42. The number of methoxy groups -OCH3 is 2. The number of anilines is 1. The predicted octanol–water partition coefficient (Wildman–Crippen LogP) is 3.88. The van der Waals surface area contributed by atoms with E-state index in [9.17, 15) is 18.5 Å². The normalized spacial score (nSPS) is 21.4. The number of rotatable bonds is 10. The first kappa shape index (κ1) is 36.4. The number of urea groups is 1. The first-order valence-corrected chi connectivity index (χ1v) is 19.4. The molecule has 4 aliphatic heterocycles. The van der Waals surface area contributed by atoms with Crippen molar-refractivity contribution in [2.45, 2.75) is 49.1 Å². The minimum atomic E-state index is -4.70. The summed E-state index contributed by atoms with van der Waals surface area (Å²) in [5.74, 6) is 0.412. The number of sulfonamides is 1. The number of carbonyl (C=O) groups excluding carboxylic acids is 2. The zero-order chi connectivity index (χ0) is 37.3. The van der Waals surface area contributed by atoms with Gasteiger partial charge in [0.15, 0.2) is 5.54 Å². The molecular weight excluding hydrogens is 701 g/mol. The highest BCUT2D eigenvalue weighted by Gasteiger charge is 2.59. The molecule has 7 rings (SSSR count). The van der Waals surface area contributed by atoms with Gasteiger partial charge in [-0.3, -0.25) is 9.69 Å². The van der Waals surface area contributed by atoms with E-state index >= 15 is 4.79 Å². The minimum Gasteiger partial charge on any atom is -0.497 e. The summed E-state index contributed by atoms with van der Waals surface area (Å²) in [5, 5.41) is 13.0. The van der Waals surface area contributed by atoms with Gasteiger partial charge < -0.3 is 29.2 Å². The summed E-state index contributed by atoms with van der Waals surface area (Å²) >= 11 is 0. The van der Waals surface area contributed by atoms with E-state index in [1.165, 1.54) is 56.8 Å². The molecule has 0 bridgehead atoms. The van der Waals surface area contributed by atoms with Gasteiger partial charge in [-0.15, -0.1) is 0 Å². The average Bonchev–Trinajstić information content (AvgIpc) is 3.41. The summed E-state index contributed by atoms with van der Waals surface area (Å²) in [6.07, 6.45) is 5.36. The first-order chi connectivity index (χ1) is 25.7.